The zero-order chi connectivity index (χ0) is 24.3. The van der Waals surface area contributed by atoms with Crippen molar-refractivity contribution in [3.63, 3.8) is 0 Å². The van der Waals surface area contributed by atoms with Crippen LogP contribution in [-0.2, 0) is 17.6 Å². The molecule has 1 atom stereocenters. The molecule has 0 aliphatic heterocycles. The molecule has 10 heteroatoms. The number of aliphatic hydroxyl groups excluding tert-OH is 1. The van der Waals surface area contributed by atoms with Crippen molar-refractivity contribution in [3.05, 3.63) is 47.2 Å². The molecule has 0 bridgehead atoms. The van der Waals surface area contributed by atoms with Gasteiger partial charge in [0.2, 0.25) is 11.8 Å². The molecule has 0 saturated heterocycles. The van der Waals surface area contributed by atoms with E-state index in [1.54, 1.807) is 37.3 Å². The van der Waals surface area contributed by atoms with Crippen LogP contribution in [0.15, 0.2) is 34.9 Å². The van der Waals surface area contributed by atoms with E-state index in [9.17, 15) is 14.7 Å². The Balaban J connectivity index is 1.72. The Morgan fingerprint density at radius 2 is 1.91 bits per heavy atom. The van der Waals surface area contributed by atoms with Gasteiger partial charge in [0.05, 0.1) is 24.8 Å². The van der Waals surface area contributed by atoms with E-state index in [-0.39, 0.29) is 35.7 Å². The van der Waals surface area contributed by atoms with Gasteiger partial charge in [0.1, 0.15) is 17.1 Å². The van der Waals surface area contributed by atoms with Crippen molar-refractivity contribution in [1.29, 1.82) is 0 Å². The molecule has 33 heavy (non-hydrogen) atoms. The zero-order valence-electron chi connectivity index (χ0n) is 19.3. The fraction of sp³-hybridized carbons (Fsp3) is 0.391. The number of hydrogen-bond donors (Lipinski definition) is 4. The summed E-state index contributed by atoms with van der Waals surface area (Å²) in [7, 11) is 0. The molecule has 1 aromatic carbocycles. The van der Waals surface area contributed by atoms with Crippen molar-refractivity contribution < 1.29 is 19.2 Å². The van der Waals surface area contributed by atoms with Gasteiger partial charge in [-0.15, -0.1) is 0 Å². The molecular weight excluding hydrogens is 424 g/mol. The number of nitrogens with zero attached hydrogens (tertiary/aromatic N) is 3. The quantitative estimate of drug-likeness (QED) is 0.406. The Kier molecular flexibility index (Phi) is 6.87. The average molecular weight is 455 g/mol. The van der Waals surface area contributed by atoms with Gasteiger partial charge in [-0.25, -0.2) is 4.68 Å². The number of aliphatic hydroxyl groups is 1. The van der Waals surface area contributed by atoms with Crippen LogP contribution in [0.2, 0.25) is 0 Å². The summed E-state index contributed by atoms with van der Waals surface area (Å²) in [4.78, 5) is 24.4. The SMILES string of the molecule is CC(CO)n1nc(-c2ccc(CC(=O)Nc3cc(CC(C)(C)C)no3)cc2)c(C(N)=O)c1N. The van der Waals surface area contributed by atoms with Crippen LogP contribution < -0.4 is 16.8 Å². The molecule has 10 nitrogen and oxygen atoms in total. The maximum Gasteiger partial charge on any atom is 0.254 e. The van der Waals surface area contributed by atoms with Crippen LogP contribution in [0.5, 0.6) is 0 Å². The smallest absolute Gasteiger partial charge is 0.254 e. The molecule has 0 aliphatic carbocycles. The average Bonchev–Trinajstić information content (AvgIpc) is 3.30. The molecule has 1 unspecified atom stereocenters. The van der Waals surface area contributed by atoms with Crippen molar-refractivity contribution in [2.24, 2.45) is 11.1 Å². The van der Waals surface area contributed by atoms with Gasteiger partial charge in [0.15, 0.2) is 0 Å². The molecule has 2 heterocycles. The van der Waals surface area contributed by atoms with E-state index >= 15 is 0 Å². The van der Waals surface area contributed by atoms with Crippen LogP contribution in [0.25, 0.3) is 11.3 Å². The summed E-state index contributed by atoms with van der Waals surface area (Å²) >= 11 is 0. The number of nitrogens with two attached hydrogens (primary N) is 2. The lowest BCUT2D eigenvalue weighted by Gasteiger charge is -2.14. The second kappa shape index (κ2) is 9.45. The van der Waals surface area contributed by atoms with Gasteiger partial charge in [-0.3, -0.25) is 14.9 Å². The summed E-state index contributed by atoms with van der Waals surface area (Å²) in [6.07, 6.45) is 0.856. The van der Waals surface area contributed by atoms with Crippen LogP contribution in [0.4, 0.5) is 11.7 Å². The molecule has 3 aromatic rings. The van der Waals surface area contributed by atoms with Crippen molar-refractivity contribution >= 4 is 23.5 Å². The number of nitrogens with one attached hydrogen (secondary N) is 1. The molecule has 2 aromatic heterocycles. The summed E-state index contributed by atoms with van der Waals surface area (Å²) in [6, 6.07) is 8.30. The molecule has 3 rings (SSSR count). The number of rotatable bonds is 8. The summed E-state index contributed by atoms with van der Waals surface area (Å²) in [5.41, 5.74) is 14.2. The highest BCUT2D eigenvalue weighted by atomic mass is 16.5. The lowest BCUT2D eigenvalue weighted by atomic mass is 9.91. The number of carbonyl (C=O) groups is 2. The highest BCUT2D eigenvalue weighted by Gasteiger charge is 2.23. The highest BCUT2D eigenvalue weighted by Crippen LogP contribution is 2.29. The third kappa shape index (κ3) is 5.78. The Hall–Kier alpha value is -3.66. The van der Waals surface area contributed by atoms with E-state index in [4.69, 9.17) is 16.0 Å². The third-order valence-electron chi connectivity index (χ3n) is 5.00. The predicted octanol–water partition coefficient (Wildman–Crippen LogP) is 2.54. The lowest BCUT2D eigenvalue weighted by Crippen LogP contribution is -2.17. The topological polar surface area (TPSA) is 162 Å². The number of carbonyl (C=O) groups excluding carboxylic acids is 2. The van der Waals surface area contributed by atoms with Crippen LogP contribution in [0.3, 0.4) is 0 Å². The van der Waals surface area contributed by atoms with E-state index in [0.29, 0.717) is 17.1 Å². The molecule has 6 N–H and O–H groups in total. The Morgan fingerprint density at radius 1 is 1.24 bits per heavy atom. The lowest BCUT2D eigenvalue weighted by molar-refractivity contribution is -0.115. The van der Waals surface area contributed by atoms with E-state index in [1.165, 1.54) is 4.68 Å². The Bertz CT molecular complexity index is 1140. The van der Waals surface area contributed by atoms with Crippen LogP contribution >= 0.6 is 0 Å². The third-order valence-corrected chi connectivity index (χ3v) is 5.00. The van der Waals surface area contributed by atoms with Crippen LogP contribution in [-0.4, -0.2) is 38.5 Å². The van der Waals surface area contributed by atoms with Gasteiger partial charge in [-0.05, 0) is 24.3 Å². The van der Waals surface area contributed by atoms with Crippen LogP contribution in [0, 0.1) is 5.41 Å². The molecule has 2 amide bonds. The van der Waals surface area contributed by atoms with E-state index < -0.39 is 11.9 Å². The molecule has 176 valence electrons. The highest BCUT2D eigenvalue weighted by molar-refractivity contribution is 6.03. The second-order valence-electron chi connectivity index (χ2n) is 9.29. The fourth-order valence-electron chi connectivity index (χ4n) is 3.45. The number of hydrogen-bond acceptors (Lipinski definition) is 7. The first-order chi connectivity index (χ1) is 15.5. The summed E-state index contributed by atoms with van der Waals surface area (Å²) in [6.45, 7) is 7.83. The number of primary amides is 1. The molecule has 0 radical (unpaired) electrons. The zero-order valence-corrected chi connectivity index (χ0v) is 19.3. The van der Waals surface area contributed by atoms with E-state index in [1.807, 2.05) is 0 Å². The first-order valence-corrected chi connectivity index (χ1v) is 10.6. The summed E-state index contributed by atoms with van der Waals surface area (Å²) < 4.78 is 6.58. The minimum absolute atomic E-state index is 0.0604. The van der Waals surface area contributed by atoms with Gasteiger partial charge < -0.3 is 21.1 Å². The number of nitrogen functional groups attached to an aromatic ring is 1. The minimum atomic E-state index is -0.708. The number of aromatic nitrogens is 3. The van der Waals surface area contributed by atoms with Gasteiger partial charge in [-0.2, -0.15) is 5.10 Å². The molecule has 0 fully saturated rings. The molecular formula is C23H30N6O4. The number of amides is 2. The maximum absolute atomic E-state index is 12.4. The molecule has 0 saturated carbocycles. The predicted molar refractivity (Wildman–Crippen MR) is 124 cm³/mol. The van der Waals surface area contributed by atoms with Gasteiger partial charge >= 0.3 is 0 Å². The van der Waals surface area contributed by atoms with Crippen molar-refractivity contribution in [3.8, 4) is 11.3 Å². The van der Waals surface area contributed by atoms with Gasteiger partial charge in [0, 0.05) is 11.6 Å². The molecule has 0 aliphatic rings. The van der Waals surface area contributed by atoms with E-state index in [2.05, 4.69) is 36.3 Å². The maximum atomic E-state index is 12.4. The fourth-order valence-corrected chi connectivity index (χ4v) is 3.45. The largest absolute Gasteiger partial charge is 0.394 e. The van der Waals surface area contributed by atoms with Gasteiger partial charge in [0.25, 0.3) is 5.91 Å². The standard InChI is InChI=1S/C23H30N6O4/c1-13(12-30)29-21(24)19(22(25)32)20(27-29)15-7-5-14(6-8-15)9-17(31)26-18-10-16(28-33-18)11-23(2,3)4/h5-8,10,13,30H,9,11-12,24H2,1-4H3,(H2,25,32)(H,26,31). The van der Waals surface area contributed by atoms with Crippen LogP contribution in [0.1, 0.15) is 55.4 Å². The first-order valence-electron chi connectivity index (χ1n) is 10.6. The number of anilines is 2. The Labute approximate surface area is 191 Å². The first kappa shape index (κ1) is 24.0. The van der Waals surface area contributed by atoms with Crippen molar-refractivity contribution in [1.82, 2.24) is 14.9 Å². The Morgan fingerprint density at radius 3 is 2.48 bits per heavy atom. The van der Waals surface area contributed by atoms with Crippen molar-refractivity contribution in [2.45, 2.75) is 46.6 Å². The monoisotopic (exact) mass is 454 g/mol. The molecule has 0 spiro atoms. The minimum Gasteiger partial charge on any atom is -0.394 e. The summed E-state index contributed by atoms with van der Waals surface area (Å²) in [5, 5.41) is 20.5. The van der Waals surface area contributed by atoms with Crippen molar-refractivity contribution in [2.75, 3.05) is 17.7 Å². The second-order valence-corrected chi connectivity index (χ2v) is 9.29. The van der Waals surface area contributed by atoms with E-state index in [0.717, 1.165) is 17.7 Å². The van der Waals surface area contributed by atoms with Gasteiger partial charge in [-0.1, -0.05) is 50.2 Å². The number of benzene rings is 1. The normalized spacial score (nSPS) is 12.5. The summed E-state index contributed by atoms with van der Waals surface area (Å²) in [5.74, 6) is -0.550.